The standard InChI is InChI=1S/C24H29.C12H9Si.2ClH.Zr/c1-6-10-18-13-14-19-15-20(24(3,4)5)16-22(19)23(18)21-12-9-8-11-17(21)7-2;1-3-7-11-9(5-1)10-6-2-4-8-12(10)13-11;;;/h8-9,11-16H,6-7,10H2,1-5H3;1-7H,13H2;2*1H;/q;;;;+2/p-2. The minimum absolute atomic E-state index is 0.0412. The molecule has 0 saturated heterocycles. The van der Waals surface area contributed by atoms with Gasteiger partial charge in [0.2, 0.25) is 0 Å². The second-order valence-corrected chi connectivity index (χ2v) is 28.3. The molecule has 1 heterocycles. The number of benzene rings is 4. The van der Waals surface area contributed by atoms with Gasteiger partial charge in [0.25, 0.3) is 0 Å². The van der Waals surface area contributed by atoms with Crippen molar-refractivity contribution in [2.45, 2.75) is 57.5 Å². The quantitative estimate of drug-likeness (QED) is 0.161. The minimum atomic E-state index is -4.04. The van der Waals surface area contributed by atoms with Crippen molar-refractivity contribution in [2.75, 3.05) is 0 Å². The Morgan fingerprint density at radius 1 is 0.775 bits per heavy atom. The molecule has 0 saturated carbocycles. The summed E-state index contributed by atoms with van der Waals surface area (Å²) in [5.74, 6) is 0. The SMILES string of the molecule is CCCc1ccc2c(c1-c1ccccc1CC)C=C(C(C)(C)C)[CH]2[Zr]([Cl])([Cl])[c]1cccc2c1[SiH2]c1ccccc1-2. The first-order chi connectivity index (χ1) is 19.2. The van der Waals surface area contributed by atoms with Crippen LogP contribution in [0.3, 0.4) is 0 Å². The molecule has 6 rings (SSSR count). The molecule has 0 aromatic heterocycles. The van der Waals surface area contributed by atoms with E-state index >= 15 is 0 Å². The van der Waals surface area contributed by atoms with Crippen LogP contribution < -0.4 is 13.6 Å². The van der Waals surface area contributed by atoms with Crippen molar-refractivity contribution in [2.24, 2.45) is 5.41 Å². The van der Waals surface area contributed by atoms with Gasteiger partial charge < -0.3 is 0 Å². The van der Waals surface area contributed by atoms with E-state index in [-0.39, 0.29) is 9.04 Å². The van der Waals surface area contributed by atoms with Crippen LogP contribution in [0.4, 0.5) is 0 Å². The predicted octanol–water partition coefficient (Wildman–Crippen LogP) is 8.24. The number of halogens is 2. The fourth-order valence-electron chi connectivity index (χ4n) is 7.03. The van der Waals surface area contributed by atoms with Crippen molar-refractivity contribution in [1.29, 1.82) is 0 Å². The average Bonchev–Trinajstić information content (AvgIpc) is 3.52. The Balaban J connectivity index is 1.58. The Kier molecular flexibility index (Phi) is 7.71. The second-order valence-electron chi connectivity index (χ2n) is 12.4. The summed E-state index contributed by atoms with van der Waals surface area (Å²) in [7, 11) is 15.2. The summed E-state index contributed by atoms with van der Waals surface area (Å²) in [6, 6.07) is 29.4. The third-order valence-electron chi connectivity index (χ3n) is 8.91. The molecule has 1 aliphatic heterocycles. The van der Waals surface area contributed by atoms with E-state index in [2.05, 4.69) is 120 Å². The van der Waals surface area contributed by atoms with Gasteiger partial charge in [-0.3, -0.25) is 0 Å². The summed E-state index contributed by atoms with van der Waals surface area (Å²) in [6.07, 6.45) is 5.69. The first-order valence-electron chi connectivity index (χ1n) is 14.7. The predicted molar refractivity (Wildman–Crippen MR) is 176 cm³/mol. The fourth-order valence-corrected chi connectivity index (χ4v) is 24.1. The second kappa shape index (κ2) is 10.9. The van der Waals surface area contributed by atoms with Crippen LogP contribution in [0.5, 0.6) is 0 Å². The van der Waals surface area contributed by atoms with Gasteiger partial charge in [0, 0.05) is 0 Å². The van der Waals surface area contributed by atoms with Crippen LogP contribution in [0.25, 0.3) is 28.3 Å². The van der Waals surface area contributed by atoms with Crippen molar-refractivity contribution in [3.63, 3.8) is 0 Å². The number of hydrogen-bond acceptors (Lipinski definition) is 0. The van der Waals surface area contributed by atoms with Crippen LogP contribution >= 0.6 is 17.0 Å². The fraction of sp³-hybridized carbons (Fsp3) is 0.278. The van der Waals surface area contributed by atoms with Gasteiger partial charge >= 0.3 is 256 Å². The molecule has 4 aromatic carbocycles. The molecule has 1 unspecified atom stereocenters. The van der Waals surface area contributed by atoms with Crippen LogP contribution in [-0.2, 0) is 30.7 Å². The zero-order valence-electron chi connectivity index (χ0n) is 24.2. The van der Waals surface area contributed by atoms with Gasteiger partial charge in [0.15, 0.2) is 0 Å². The zero-order valence-corrected chi connectivity index (χ0v) is 29.6. The van der Waals surface area contributed by atoms with E-state index in [1.165, 1.54) is 63.7 Å². The maximum absolute atomic E-state index is 7.94. The van der Waals surface area contributed by atoms with Crippen LogP contribution in [0.1, 0.15) is 66.9 Å². The van der Waals surface area contributed by atoms with E-state index in [0.717, 1.165) is 19.3 Å². The monoisotopic (exact) mass is 658 g/mol. The number of aryl methyl sites for hydroxylation is 2. The number of rotatable bonds is 6. The van der Waals surface area contributed by atoms with Crippen LogP contribution in [-0.4, -0.2) is 9.52 Å². The van der Waals surface area contributed by atoms with Gasteiger partial charge in [0.1, 0.15) is 0 Å². The molecule has 1 atom stereocenters. The Hall–Kier alpha value is -1.70. The average molecular weight is 661 g/mol. The van der Waals surface area contributed by atoms with Crippen molar-refractivity contribution in [1.82, 2.24) is 0 Å². The molecule has 0 amide bonds. The molecular formula is C36H38Cl2SiZr. The van der Waals surface area contributed by atoms with Crippen LogP contribution in [0, 0.1) is 5.41 Å². The first kappa shape index (κ1) is 28.4. The zero-order chi connectivity index (χ0) is 28.2. The van der Waals surface area contributed by atoms with Crippen LogP contribution in [0.2, 0.25) is 0 Å². The molecule has 0 radical (unpaired) electrons. The molecule has 0 N–H and O–H groups in total. The number of hydrogen-bond donors (Lipinski definition) is 0. The molecule has 204 valence electrons. The van der Waals surface area contributed by atoms with E-state index < -0.39 is 27.4 Å². The van der Waals surface area contributed by atoms with E-state index in [0.29, 0.717) is 0 Å². The summed E-state index contributed by atoms with van der Waals surface area (Å²) in [6.45, 7) is 11.5. The van der Waals surface area contributed by atoms with Gasteiger partial charge in [-0.05, 0) is 0 Å². The molecule has 40 heavy (non-hydrogen) atoms. The third-order valence-corrected chi connectivity index (χ3v) is 23.1. The van der Waals surface area contributed by atoms with Crippen LogP contribution in [0.15, 0.2) is 84.4 Å². The molecule has 2 aliphatic rings. The van der Waals surface area contributed by atoms with Crippen molar-refractivity contribution in [3.8, 4) is 22.3 Å². The van der Waals surface area contributed by atoms with E-state index in [9.17, 15) is 0 Å². The Bertz CT molecular complexity index is 1640. The molecule has 0 nitrogen and oxygen atoms in total. The van der Waals surface area contributed by atoms with Gasteiger partial charge in [-0.25, -0.2) is 0 Å². The van der Waals surface area contributed by atoms with Crippen molar-refractivity contribution in [3.05, 3.63) is 107 Å². The van der Waals surface area contributed by atoms with E-state index in [1.54, 1.807) is 0 Å². The van der Waals surface area contributed by atoms with Gasteiger partial charge in [0.05, 0.1) is 0 Å². The summed E-state index contributed by atoms with van der Waals surface area (Å²) in [5, 5.41) is 3.01. The summed E-state index contributed by atoms with van der Waals surface area (Å²) >= 11 is -4.04. The third kappa shape index (κ3) is 4.68. The van der Waals surface area contributed by atoms with Gasteiger partial charge in [-0.2, -0.15) is 0 Å². The molecule has 0 bridgehead atoms. The molecule has 1 aliphatic carbocycles. The summed E-state index contributed by atoms with van der Waals surface area (Å²) in [5.41, 5.74) is 12.4. The maximum atomic E-state index is 7.94. The van der Waals surface area contributed by atoms with E-state index in [4.69, 9.17) is 17.0 Å². The summed E-state index contributed by atoms with van der Waals surface area (Å²) in [4.78, 5) is 0. The molecular weight excluding hydrogens is 623 g/mol. The number of allylic oxidation sites excluding steroid dienone is 1. The topological polar surface area (TPSA) is 0 Å². The van der Waals surface area contributed by atoms with Gasteiger partial charge in [-0.15, -0.1) is 0 Å². The first-order valence-corrected chi connectivity index (χ1v) is 25.1. The Labute approximate surface area is 254 Å². The Morgan fingerprint density at radius 3 is 2.20 bits per heavy atom. The number of fused-ring (bicyclic) bond motifs is 4. The van der Waals surface area contributed by atoms with Gasteiger partial charge in [-0.1, -0.05) is 0 Å². The molecule has 0 spiro atoms. The molecule has 0 fully saturated rings. The van der Waals surface area contributed by atoms with E-state index in [1.807, 2.05) is 0 Å². The van der Waals surface area contributed by atoms with Crippen molar-refractivity contribution < 1.29 is 17.9 Å². The normalized spacial score (nSPS) is 16.6. The summed E-state index contributed by atoms with van der Waals surface area (Å²) < 4.78 is 1.39. The molecule has 4 heteroatoms. The van der Waals surface area contributed by atoms with Crippen molar-refractivity contribution >= 4 is 46.3 Å². The Morgan fingerprint density at radius 2 is 1.48 bits per heavy atom. The molecule has 4 aromatic rings.